The van der Waals surface area contributed by atoms with E-state index in [-0.39, 0.29) is 23.6 Å². The number of nitriles is 1. The van der Waals surface area contributed by atoms with Crippen molar-refractivity contribution in [3.8, 4) is 6.07 Å². The Bertz CT molecular complexity index is 980. The Balaban J connectivity index is 1.42. The largest absolute Gasteiger partial charge is 0.421 e. The van der Waals surface area contributed by atoms with Crippen LogP contribution in [0.1, 0.15) is 61.4 Å². The number of allylic oxidation sites excluding steroid dienone is 1. The smallest absolute Gasteiger partial charge is 0.376 e. The van der Waals surface area contributed by atoms with Gasteiger partial charge in [-0.05, 0) is 81.1 Å². The first kappa shape index (κ1) is 23.5. The van der Waals surface area contributed by atoms with Crippen LogP contribution in [0.2, 0.25) is 0 Å². The predicted molar refractivity (Wildman–Crippen MR) is 118 cm³/mol. The lowest BCUT2D eigenvalue weighted by Gasteiger charge is -2.39. The second-order valence-electron chi connectivity index (χ2n) is 9.52. The van der Waals surface area contributed by atoms with E-state index in [1.165, 1.54) is 24.3 Å². The van der Waals surface area contributed by atoms with Gasteiger partial charge in [0.05, 0.1) is 0 Å². The molecule has 2 atom stereocenters. The van der Waals surface area contributed by atoms with Gasteiger partial charge in [0.1, 0.15) is 11.8 Å². The van der Waals surface area contributed by atoms with Gasteiger partial charge in [0.15, 0.2) is 5.60 Å². The molecule has 1 amide bonds. The van der Waals surface area contributed by atoms with Gasteiger partial charge in [0.2, 0.25) is 0 Å². The number of halogens is 3. The van der Waals surface area contributed by atoms with Crippen molar-refractivity contribution in [2.24, 2.45) is 16.8 Å². The van der Waals surface area contributed by atoms with Gasteiger partial charge in [-0.3, -0.25) is 9.79 Å². The summed E-state index contributed by atoms with van der Waals surface area (Å²) in [6.07, 6.45) is 4.68. The number of alkyl halides is 3. The summed E-state index contributed by atoms with van der Waals surface area (Å²) in [5.41, 5.74) is -2.44. The molecule has 2 saturated carbocycles. The fourth-order valence-electron chi connectivity index (χ4n) is 4.95. The number of dihydropyridines is 1. The maximum absolute atomic E-state index is 13.3. The first-order valence-corrected chi connectivity index (χ1v) is 11.5. The molecule has 0 bridgehead atoms. The highest BCUT2D eigenvalue weighted by Gasteiger charge is 2.51. The molecule has 1 unspecified atom stereocenters. The quantitative estimate of drug-likeness (QED) is 0.689. The van der Waals surface area contributed by atoms with Crippen LogP contribution in [-0.4, -0.2) is 46.4 Å². The number of hydrogen-bond donors (Lipinski definition) is 1. The number of benzene rings is 1. The highest BCUT2D eigenvalue weighted by Crippen LogP contribution is 2.40. The van der Waals surface area contributed by atoms with E-state index < -0.39 is 11.8 Å². The minimum atomic E-state index is -4.80. The van der Waals surface area contributed by atoms with Gasteiger partial charge in [0.25, 0.3) is 5.91 Å². The summed E-state index contributed by atoms with van der Waals surface area (Å²) in [6, 6.07) is 7.52. The molecular formula is C25H28F3N3O2. The first-order chi connectivity index (χ1) is 15.6. The topological polar surface area (TPSA) is 76.7 Å². The highest BCUT2D eigenvalue weighted by atomic mass is 19.4. The Morgan fingerprint density at radius 2 is 1.67 bits per heavy atom. The number of hydrogen-bond acceptors (Lipinski definition) is 4. The predicted octanol–water partition coefficient (Wildman–Crippen LogP) is 4.77. The van der Waals surface area contributed by atoms with Gasteiger partial charge < -0.3 is 10.0 Å². The van der Waals surface area contributed by atoms with Crippen LogP contribution in [0.5, 0.6) is 0 Å². The number of rotatable bonds is 5. The molecule has 4 rings (SSSR count). The third-order valence-electron chi connectivity index (χ3n) is 7.25. The standard InChI is InChI=1S/C25H28F3N3O2/c1-24(33,25(26,27)28)19-7-2-17(3-8-19)23(32)31(22-12-13-22)21-10-5-16(6-11-21)18-4-9-20(14-29)30-15-18/h2-4,7-9,16,18,21-22,33H,5-6,10-13,15H2,1H3/t16?,18?,21?,24-/m0/s1. The van der Waals surface area contributed by atoms with E-state index in [2.05, 4.69) is 17.1 Å². The molecule has 176 valence electrons. The summed E-state index contributed by atoms with van der Waals surface area (Å²) in [7, 11) is 0. The summed E-state index contributed by atoms with van der Waals surface area (Å²) in [4.78, 5) is 19.6. The maximum Gasteiger partial charge on any atom is 0.421 e. The molecular weight excluding hydrogens is 431 g/mol. The molecule has 3 aliphatic rings. The lowest BCUT2D eigenvalue weighted by molar-refractivity contribution is -0.258. The maximum atomic E-state index is 13.3. The molecule has 5 nitrogen and oxygen atoms in total. The van der Waals surface area contributed by atoms with Gasteiger partial charge in [-0.1, -0.05) is 18.2 Å². The molecule has 1 heterocycles. The molecule has 1 aliphatic heterocycles. The highest BCUT2D eigenvalue weighted by molar-refractivity contribution is 6.07. The van der Waals surface area contributed by atoms with Gasteiger partial charge in [-0.2, -0.15) is 18.4 Å². The van der Waals surface area contributed by atoms with Gasteiger partial charge in [0, 0.05) is 24.2 Å². The summed E-state index contributed by atoms with van der Waals surface area (Å²) in [5, 5.41) is 18.8. The Morgan fingerprint density at radius 3 is 2.12 bits per heavy atom. The molecule has 2 aliphatic carbocycles. The zero-order valence-electron chi connectivity index (χ0n) is 18.6. The molecule has 33 heavy (non-hydrogen) atoms. The minimum absolute atomic E-state index is 0.116. The SMILES string of the molecule is C[C@](O)(c1ccc(C(=O)N(C2CCC(C3C=CC(C#N)=NC3)CC2)C2CC2)cc1)C(F)(F)F. The van der Waals surface area contributed by atoms with Crippen molar-refractivity contribution in [3.63, 3.8) is 0 Å². The van der Waals surface area contributed by atoms with Crippen LogP contribution in [0.15, 0.2) is 41.4 Å². The number of nitrogens with zero attached hydrogens (tertiary/aromatic N) is 3. The van der Waals surface area contributed by atoms with E-state index >= 15 is 0 Å². The summed E-state index contributed by atoms with van der Waals surface area (Å²) < 4.78 is 39.3. The molecule has 8 heteroatoms. The van der Waals surface area contributed by atoms with E-state index in [0.717, 1.165) is 38.5 Å². The van der Waals surface area contributed by atoms with Crippen LogP contribution in [0.4, 0.5) is 13.2 Å². The molecule has 1 N–H and O–H groups in total. The van der Waals surface area contributed by atoms with Crippen LogP contribution < -0.4 is 0 Å². The number of amides is 1. The monoisotopic (exact) mass is 459 g/mol. The second kappa shape index (κ2) is 8.94. The number of aliphatic imine (C=N–C) groups is 1. The van der Waals surface area contributed by atoms with Gasteiger partial charge in [-0.15, -0.1) is 0 Å². The molecule has 2 fully saturated rings. The van der Waals surface area contributed by atoms with Crippen LogP contribution in [-0.2, 0) is 5.60 Å². The Morgan fingerprint density at radius 1 is 1.09 bits per heavy atom. The van der Waals surface area contributed by atoms with E-state index in [9.17, 15) is 23.1 Å². The molecule has 0 radical (unpaired) electrons. The molecule has 0 saturated heterocycles. The molecule has 1 aromatic carbocycles. The van der Waals surface area contributed by atoms with Crippen LogP contribution in [0.25, 0.3) is 0 Å². The van der Waals surface area contributed by atoms with E-state index in [1.54, 1.807) is 6.08 Å². The van der Waals surface area contributed by atoms with Crippen molar-refractivity contribution in [2.75, 3.05) is 6.54 Å². The third kappa shape index (κ3) is 4.84. The van der Waals surface area contributed by atoms with Crippen molar-refractivity contribution < 1.29 is 23.1 Å². The number of aliphatic hydroxyl groups is 1. The van der Waals surface area contributed by atoms with Crippen molar-refractivity contribution in [1.29, 1.82) is 5.26 Å². The van der Waals surface area contributed by atoms with Crippen LogP contribution >= 0.6 is 0 Å². The summed E-state index contributed by atoms with van der Waals surface area (Å²) >= 11 is 0. The number of carbonyl (C=O) groups is 1. The van der Waals surface area contributed by atoms with Crippen molar-refractivity contribution in [1.82, 2.24) is 4.90 Å². The molecule has 1 aromatic rings. The zero-order valence-corrected chi connectivity index (χ0v) is 18.6. The van der Waals surface area contributed by atoms with Crippen LogP contribution in [0.3, 0.4) is 0 Å². The molecule has 0 spiro atoms. The van der Waals surface area contributed by atoms with Crippen molar-refractivity contribution in [2.45, 2.75) is 69.3 Å². The van der Waals surface area contributed by atoms with Gasteiger partial charge in [-0.25, -0.2) is 0 Å². The average molecular weight is 460 g/mol. The Labute approximate surface area is 191 Å². The molecule has 0 aromatic heterocycles. The second-order valence-corrected chi connectivity index (χ2v) is 9.52. The van der Waals surface area contributed by atoms with E-state index in [0.29, 0.717) is 36.6 Å². The normalized spacial score (nSPS) is 27.3. The minimum Gasteiger partial charge on any atom is -0.376 e. The lowest BCUT2D eigenvalue weighted by Crippen LogP contribution is -2.44. The fourth-order valence-corrected chi connectivity index (χ4v) is 4.95. The zero-order chi connectivity index (χ0) is 23.8. The van der Waals surface area contributed by atoms with E-state index in [4.69, 9.17) is 5.26 Å². The first-order valence-electron chi connectivity index (χ1n) is 11.5. The van der Waals surface area contributed by atoms with E-state index in [1.807, 2.05) is 4.90 Å². The Kier molecular flexibility index (Phi) is 6.37. The third-order valence-corrected chi connectivity index (χ3v) is 7.25. The Hall–Kier alpha value is -2.66. The van der Waals surface area contributed by atoms with Crippen molar-refractivity contribution >= 4 is 11.6 Å². The fraction of sp³-hybridized carbons (Fsp3) is 0.560. The lowest BCUT2D eigenvalue weighted by atomic mass is 9.77. The average Bonchev–Trinajstić information content (AvgIpc) is 3.64. The summed E-state index contributed by atoms with van der Waals surface area (Å²) in [6.45, 7) is 1.35. The van der Waals surface area contributed by atoms with Crippen molar-refractivity contribution in [3.05, 3.63) is 47.5 Å². The van der Waals surface area contributed by atoms with Gasteiger partial charge >= 0.3 is 6.18 Å². The van der Waals surface area contributed by atoms with Crippen LogP contribution in [0, 0.1) is 23.2 Å². The summed E-state index contributed by atoms with van der Waals surface area (Å²) in [5.74, 6) is 0.642. The number of carbonyl (C=O) groups excluding carboxylic acids is 1.